The molecule has 7 nitrogen and oxygen atoms in total. The Kier molecular flexibility index (Phi) is 5.41. The van der Waals surface area contributed by atoms with Gasteiger partial charge in [0.25, 0.3) is 0 Å². The third-order valence-electron chi connectivity index (χ3n) is 4.89. The Balaban J connectivity index is 1.71. The molecule has 0 unspecified atom stereocenters. The van der Waals surface area contributed by atoms with Crippen LogP contribution < -0.4 is 5.69 Å². The van der Waals surface area contributed by atoms with E-state index in [-0.39, 0.29) is 31.7 Å². The van der Waals surface area contributed by atoms with E-state index in [1.165, 1.54) is 4.31 Å². The number of hydrogen-bond donors (Lipinski definition) is 0. The van der Waals surface area contributed by atoms with E-state index in [1.807, 2.05) is 19.1 Å². The highest BCUT2D eigenvalue weighted by atomic mass is 32.2. The second-order valence-corrected chi connectivity index (χ2v) is 8.95. The van der Waals surface area contributed by atoms with Crippen molar-refractivity contribution in [2.75, 3.05) is 13.1 Å². The van der Waals surface area contributed by atoms with E-state index >= 15 is 0 Å². The Labute approximate surface area is 160 Å². The first kappa shape index (κ1) is 20.6. The summed E-state index contributed by atoms with van der Waals surface area (Å²) in [4.78, 5) is 12.1. The van der Waals surface area contributed by atoms with Gasteiger partial charge in [0.15, 0.2) is 0 Å². The van der Waals surface area contributed by atoms with E-state index in [1.54, 1.807) is 12.1 Å². The van der Waals surface area contributed by atoms with Crippen molar-refractivity contribution in [3.63, 3.8) is 0 Å². The summed E-state index contributed by atoms with van der Waals surface area (Å²) in [5, 5.41) is 3.44. The lowest BCUT2D eigenvalue weighted by molar-refractivity contribution is -0.147. The first-order valence-corrected chi connectivity index (χ1v) is 10.4. The Morgan fingerprint density at radius 2 is 1.71 bits per heavy atom. The number of alkyl halides is 3. The zero-order chi connectivity index (χ0) is 20.7. The topological polar surface area (TPSA) is 77.2 Å². The zero-order valence-electron chi connectivity index (χ0n) is 15.5. The molecule has 0 atom stereocenters. The number of rotatable bonds is 4. The molecule has 3 rings (SSSR count). The van der Waals surface area contributed by atoms with Crippen LogP contribution in [-0.4, -0.2) is 40.2 Å². The van der Waals surface area contributed by atoms with Crippen molar-refractivity contribution in [2.24, 2.45) is 7.05 Å². The molecule has 0 N–H and O–H groups in total. The number of benzene rings is 1. The lowest BCUT2D eigenvalue weighted by Crippen LogP contribution is -2.41. The Morgan fingerprint density at radius 1 is 1.14 bits per heavy atom. The number of piperidine rings is 1. The second-order valence-electron chi connectivity index (χ2n) is 6.98. The second kappa shape index (κ2) is 7.36. The molecular formula is C17H21F3N4O3S. The zero-order valence-corrected chi connectivity index (χ0v) is 16.3. The summed E-state index contributed by atoms with van der Waals surface area (Å²) >= 11 is 0. The maximum absolute atomic E-state index is 12.9. The fourth-order valence-corrected chi connectivity index (χ4v) is 4.86. The van der Waals surface area contributed by atoms with Gasteiger partial charge in [-0.25, -0.2) is 22.2 Å². The van der Waals surface area contributed by atoms with Crippen LogP contribution >= 0.6 is 0 Å². The Hall–Kier alpha value is -2.14. The van der Waals surface area contributed by atoms with Crippen LogP contribution in [0.25, 0.3) is 0 Å². The summed E-state index contributed by atoms with van der Waals surface area (Å²) in [5.41, 5.74) is 0.845. The highest BCUT2D eigenvalue weighted by molar-refractivity contribution is 7.88. The fourth-order valence-electron chi connectivity index (χ4n) is 3.29. The van der Waals surface area contributed by atoms with Crippen molar-refractivity contribution in [1.29, 1.82) is 0 Å². The van der Waals surface area contributed by atoms with Gasteiger partial charge in [-0.1, -0.05) is 29.8 Å². The molecule has 11 heteroatoms. The van der Waals surface area contributed by atoms with Gasteiger partial charge in [-0.3, -0.25) is 4.57 Å². The molecule has 28 heavy (non-hydrogen) atoms. The number of aryl methyl sites for hydroxylation is 1. The van der Waals surface area contributed by atoms with Crippen molar-refractivity contribution in [2.45, 2.75) is 37.7 Å². The normalized spacial score (nSPS) is 17.2. The van der Waals surface area contributed by atoms with E-state index in [4.69, 9.17) is 0 Å². The van der Waals surface area contributed by atoms with Gasteiger partial charge >= 0.3 is 11.9 Å². The van der Waals surface area contributed by atoms with Crippen molar-refractivity contribution in [1.82, 2.24) is 18.7 Å². The van der Waals surface area contributed by atoms with Gasteiger partial charge < -0.3 is 0 Å². The van der Waals surface area contributed by atoms with Crippen molar-refractivity contribution in [3.8, 4) is 0 Å². The highest BCUT2D eigenvalue weighted by Gasteiger charge is 2.39. The first-order valence-electron chi connectivity index (χ1n) is 8.75. The van der Waals surface area contributed by atoms with E-state index in [9.17, 15) is 26.4 Å². The molecule has 1 aromatic heterocycles. The molecule has 1 aliphatic rings. The van der Waals surface area contributed by atoms with Gasteiger partial charge in [-0.2, -0.15) is 13.2 Å². The van der Waals surface area contributed by atoms with Crippen LogP contribution in [0.4, 0.5) is 13.2 Å². The third-order valence-corrected chi connectivity index (χ3v) is 6.74. The number of aromatic nitrogens is 3. The highest BCUT2D eigenvalue weighted by Crippen LogP contribution is 2.28. The SMILES string of the molecule is Cc1ccc(CS(=O)(=O)N2CCC(n3nc(C(F)(F)F)n(C)c3=O)CC2)cc1. The van der Waals surface area contributed by atoms with Crippen molar-refractivity contribution < 1.29 is 21.6 Å². The van der Waals surface area contributed by atoms with E-state index < -0.39 is 33.8 Å². The van der Waals surface area contributed by atoms with Crippen molar-refractivity contribution >= 4 is 10.0 Å². The number of hydrogen-bond acceptors (Lipinski definition) is 4. The minimum absolute atomic E-state index is 0.128. The quantitative estimate of drug-likeness (QED) is 0.762. The molecule has 2 heterocycles. The van der Waals surface area contributed by atoms with E-state index in [0.717, 1.165) is 17.3 Å². The Morgan fingerprint density at radius 3 is 2.21 bits per heavy atom. The smallest absolute Gasteiger partial charge is 0.274 e. The molecule has 0 amide bonds. The summed E-state index contributed by atoms with van der Waals surface area (Å²) in [7, 11) is -2.53. The molecule has 0 saturated carbocycles. The predicted octanol–water partition coefficient (Wildman–Crippen LogP) is 2.08. The maximum Gasteiger partial charge on any atom is 0.451 e. The van der Waals surface area contributed by atoms with Crippen molar-refractivity contribution in [3.05, 3.63) is 51.7 Å². The van der Waals surface area contributed by atoms with Crippen LogP contribution in [0, 0.1) is 6.92 Å². The summed E-state index contributed by atoms with van der Waals surface area (Å²) in [5.74, 6) is -1.40. The van der Waals surface area contributed by atoms with Gasteiger partial charge in [0.2, 0.25) is 15.8 Å². The maximum atomic E-state index is 12.9. The molecular weight excluding hydrogens is 397 g/mol. The standard InChI is InChI=1S/C17H21F3N4O3S/c1-12-3-5-13(6-4-12)11-28(26,27)23-9-7-14(8-10-23)24-16(25)22(2)15(21-24)17(18,19)20/h3-6,14H,7-11H2,1-2H3. The van der Waals surface area contributed by atoms with Crippen LogP contribution in [0.2, 0.25) is 0 Å². The summed E-state index contributed by atoms with van der Waals surface area (Å²) in [6.07, 6.45) is -4.28. The fraction of sp³-hybridized carbons (Fsp3) is 0.529. The minimum atomic E-state index is -4.72. The molecule has 0 aliphatic carbocycles. The van der Waals surface area contributed by atoms with Gasteiger partial charge in [0.1, 0.15) is 0 Å². The molecule has 1 aromatic carbocycles. The van der Waals surface area contributed by atoms with Gasteiger partial charge in [0.05, 0.1) is 11.8 Å². The van der Waals surface area contributed by atoms with Gasteiger partial charge in [-0.05, 0) is 25.3 Å². The van der Waals surface area contributed by atoms with Crippen LogP contribution in [0.5, 0.6) is 0 Å². The predicted molar refractivity (Wildman–Crippen MR) is 96.1 cm³/mol. The van der Waals surface area contributed by atoms with Crippen LogP contribution in [0.1, 0.15) is 35.8 Å². The average molecular weight is 418 g/mol. The molecule has 2 aromatic rings. The third kappa shape index (κ3) is 4.14. The van der Waals surface area contributed by atoms with Gasteiger partial charge in [-0.15, -0.1) is 5.10 Å². The molecule has 0 radical (unpaired) electrons. The summed E-state index contributed by atoms with van der Waals surface area (Å²) in [6, 6.07) is 6.61. The number of sulfonamides is 1. The minimum Gasteiger partial charge on any atom is -0.274 e. The average Bonchev–Trinajstić information content (AvgIpc) is 2.92. The number of nitrogens with zero attached hydrogens (tertiary/aromatic N) is 4. The molecule has 0 bridgehead atoms. The summed E-state index contributed by atoms with van der Waals surface area (Å²) < 4.78 is 66.7. The molecule has 1 aliphatic heterocycles. The van der Waals surface area contributed by atoms with Crippen LogP contribution in [0.15, 0.2) is 29.1 Å². The molecule has 154 valence electrons. The van der Waals surface area contributed by atoms with Gasteiger partial charge in [0, 0.05) is 20.1 Å². The Bertz CT molecular complexity index is 1000. The monoisotopic (exact) mass is 418 g/mol. The first-order chi connectivity index (χ1) is 13.0. The summed E-state index contributed by atoms with van der Waals surface area (Å²) in [6.45, 7) is 2.17. The number of halogens is 3. The van der Waals surface area contributed by atoms with Crippen LogP contribution in [0.3, 0.4) is 0 Å². The van der Waals surface area contributed by atoms with Crippen LogP contribution in [-0.2, 0) is 29.0 Å². The molecule has 1 saturated heterocycles. The molecule has 1 fully saturated rings. The van der Waals surface area contributed by atoms with E-state index in [2.05, 4.69) is 5.10 Å². The lowest BCUT2D eigenvalue weighted by Gasteiger charge is -2.30. The van der Waals surface area contributed by atoms with E-state index in [0.29, 0.717) is 10.1 Å². The lowest BCUT2D eigenvalue weighted by atomic mass is 10.1. The molecule has 0 spiro atoms. The largest absolute Gasteiger partial charge is 0.451 e.